The van der Waals surface area contributed by atoms with E-state index in [1.54, 1.807) is 23.5 Å². The van der Waals surface area contributed by atoms with Gasteiger partial charge in [-0.15, -0.1) is 23.1 Å². The molecule has 29 heavy (non-hydrogen) atoms. The summed E-state index contributed by atoms with van der Waals surface area (Å²) in [7, 11) is 1.65. The number of ether oxygens (including phenoxy) is 1. The van der Waals surface area contributed by atoms with Crippen molar-refractivity contribution in [3.63, 3.8) is 0 Å². The Kier molecular flexibility index (Phi) is 6.23. The van der Waals surface area contributed by atoms with Gasteiger partial charge in [0.25, 0.3) is 5.91 Å². The van der Waals surface area contributed by atoms with Gasteiger partial charge in [0.05, 0.1) is 29.5 Å². The molecule has 0 saturated heterocycles. The Morgan fingerprint density at radius 2 is 1.97 bits per heavy atom. The molecule has 2 heterocycles. The predicted octanol–water partition coefficient (Wildman–Crippen LogP) is 5.88. The number of thiophene rings is 1. The smallest absolute Gasteiger partial charge is 0.253 e. The zero-order chi connectivity index (χ0) is 20.2. The van der Waals surface area contributed by atoms with Crippen LogP contribution in [0.1, 0.15) is 22.9 Å². The molecule has 0 radical (unpaired) electrons. The highest BCUT2D eigenvalue weighted by atomic mass is 35.5. The molecule has 0 spiro atoms. The molecule has 3 aromatic rings. The van der Waals surface area contributed by atoms with Crippen LogP contribution in [0.25, 0.3) is 0 Å². The molecule has 0 saturated carbocycles. The normalized spacial score (nSPS) is 16.0. The van der Waals surface area contributed by atoms with Crippen LogP contribution in [-0.4, -0.2) is 29.5 Å². The van der Waals surface area contributed by atoms with E-state index in [2.05, 4.69) is 0 Å². The van der Waals surface area contributed by atoms with Crippen LogP contribution in [0.5, 0.6) is 5.75 Å². The van der Waals surface area contributed by atoms with Crippen molar-refractivity contribution in [2.75, 3.05) is 12.9 Å². The Morgan fingerprint density at radius 1 is 1.21 bits per heavy atom. The summed E-state index contributed by atoms with van der Waals surface area (Å²) in [5.41, 5.74) is 2.00. The first kappa shape index (κ1) is 20.0. The number of methoxy groups -OCH3 is 1. The first-order valence-electron chi connectivity index (χ1n) is 9.10. The number of amides is 1. The molecule has 1 aromatic heterocycles. The number of hydrazone groups is 1. The second-order valence-corrected chi connectivity index (χ2v) is 8.93. The minimum absolute atomic E-state index is 0.0164. The zero-order valence-electron chi connectivity index (χ0n) is 15.7. The number of nitrogens with zero attached hydrogens (tertiary/aromatic N) is 2. The molecule has 148 valence electrons. The summed E-state index contributed by atoms with van der Waals surface area (Å²) in [5, 5.41) is 9.06. The standard InChI is InChI=1S/C22H19ClN2O2S2/c1-27-17-8-4-15(5-9-17)20-13-19(21-3-2-12-28-21)24-25(20)22(26)14-29-18-10-6-16(23)7-11-18/h2-12,20H,13-14H2,1H3/t20-/m0/s1. The lowest BCUT2D eigenvalue weighted by molar-refractivity contribution is -0.130. The molecule has 0 fully saturated rings. The van der Waals surface area contributed by atoms with Crippen LogP contribution in [-0.2, 0) is 4.79 Å². The summed E-state index contributed by atoms with van der Waals surface area (Å²) in [5.74, 6) is 1.09. The minimum Gasteiger partial charge on any atom is -0.497 e. The molecule has 1 amide bonds. The van der Waals surface area contributed by atoms with Crippen LogP contribution < -0.4 is 4.74 Å². The molecule has 0 N–H and O–H groups in total. The lowest BCUT2D eigenvalue weighted by atomic mass is 10.0. The zero-order valence-corrected chi connectivity index (χ0v) is 18.1. The summed E-state index contributed by atoms with van der Waals surface area (Å²) in [6.45, 7) is 0. The van der Waals surface area contributed by atoms with Gasteiger partial charge in [0.2, 0.25) is 0 Å². The van der Waals surface area contributed by atoms with E-state index in [0.29, 0.717) is 17.2 Å². The fraction of sp³-hybridized carbons (Fsp3) is 0.182. The molecule has 1 aliphatic rings. The van der Waals surface area contributed by atoms with E-state index in [0.717, 1.165) is 26.8 Å². The highest BCUT2D eigenvalue weighted by Crippen LogP contribution is 2.35. The number of carbonyl (C=O) groups excluding carboxylic acids is 1. The van der Waals surface area contributed by atoms with Crippen LogP contribution in [0.4, 0.5) is 0 Å². The van der Waals surface area contributed by atoms with Gasteiger partial charge in [-0.25, -0.2) is 5.01 Å². The number of halogens is 1. The first-order chi connectivity index (χ1) is 14.1. The van der Waals surface area contributed by atoms with Crippen LogP contribution >= 0.6 is 34.7 Å². The molecule has 2 aromatic carbocycles. The Bertz CT molecular complexity index is 1000. The largest absolute Gasteiger partial charge is 0.497 e. The molecule has 7 heteroatoms. The number of hydrogen-bond acceptors (Lipinski definition) is 5. The fourth-order valence-corrected chi connectivity index (χ4v) is 4.76. The van der Waals surface area contributed by atoms with Crippen molar-refractivity contribution < 1.29 is 9.53 Å². The van der Waals surface area contributed by atoms with Gasteiger partial charge in [-0.05, 0) is 53.4 Å². The number of hydrogen-bond donors (Lipinski definition) is 0. The summed E-state index contributed by atoms with van der Waals surface area (Å²) >= 11 is 9.07. The molecule has 0 bridgehead atoms. The highest BCUT2D eigenvalue weighted by Gasteiger charge is 2.33. The molecular formula is C22H19ClN2O2S2. The molecule has 4 rings (SSSR count). The maximum atomic E-state index is 13.1. The Morgan fingerprint density at radius 3 is 2.62 bits per heavy atom. The van der Waals surface area contributed by atoms with Gasteiger partial charge in [0.15, 0.2) is 0 Å². The predicted molar refractivity (Wildman–Crippen MR) is 120 cm³/mol. The molecule has 0 unspecified atom stereocenters. The van der Waals surface area contributed by atoms with E-state index in [9.17, 15) is 4.79 Å². The maximum Gasteiger partial charge on any atom is 0.253 e. The summed E-state index contributed by atoms with van der Waals surface area (Å²) < 4.78 is 5.26. The van der Waals surface area contributed by atoms with E-state index >= 15 is 0 Å². The second-order valence-electron chi connectivity index (χ2n) is 6.50. The van der Waals surface area contributed by atoms with Crippen molar-refractivity contribution in [3.05, 3.63) is 81.5 Å². The average Bonchev–Trinajstić information content (AvgIpc) is 3.43. The fourth-order valence-electron chi connectivity index (χ4n) is 3.16. The van der Waals surface area contributed by atoms with Gasteiger partial charge < -0.3 is 4.74 Å². The van der Waals surface area contributed by atoms with Crippen LogP contribution in [0.15, 0.2) is 76.0 Å². The van der Waals surface area contributed by atoms with Crippen molar-refractivity contribution in [2.45, 2.75) is 17.4 Å². The highest BCUT2D eigenvalue weighted by molar-refractivity contribution is 8.00. The number of rotatable bonds is 6. The summed E-state index contributed by atoms with van der Waals surface area (Å²) in [6.07, 6.45) is 0.699. The van der Waals surface area contributed by atoms with Crippen molar-refractivity contribution >= 4 is 46.3 Å². The van der Waals surface area contributed by atoms with E-state index in [1.165, 1.54) is 11.8 Å². The Balaban J connectivity index is 1.54. The monoisotopic (exact) mass is 442 g/mol. The quantitative estimate of drug-likeness (QED) is 0.447. The van der Waals surface area contributed by atoms with Gasteiger partial charge >= 0.3 is 0 Å². The van der Waals surface area contributed by atoms with E-state index in [-0.39, 0.29) is 11.9 Å². The van der Waals surface area contributed by atoms with Gasteiger partial charge in [-0.3, -0.25) is 4.79 Å². The van der Waals surface area contributed by atoms with Crippen LogP contribution in [0.2, 0.25) is 5.02 Å². The Hall–Kier alpha value is -2.28. The third kappa shape index (κ3) is 4.66. The molecular weight excluding hydrogens is 424 g/mol. The molecule has 1 aliphatic heterocycles. The lowest BCUT2D eigenvalue weighted by Crippen LogP contribution is -2.28. The van der Waals surface area contributed by atoms with Crippen molar-refractivity contribution in [3.8, 4) is 5.75 Å². The van der Waals surface area contributed by atoms with E-state index in [1.807, 2.05) is 66.0 Å². The van der Waals surface area contributed by atoms with Gasteiger partial charge in [0.1, 0.15) is 5.75 Å². The van der Waals surface area contributed by atoms with Crippen LogP contribution in [0, 0.1) is 0 Å². The van der Waals surface area contributed by atoms with E-state index in [4.69, 9.17) is 21.4 Å². The third-order valence-corrected chi connectivity index (χ3v) is 6.82. The lowest BCUT2D eigenvalue weighted by Gasteiger charge is -2.22. The molecule has 1 atom stereocenters. The molecule has 4 nitrogen and oxygen atoms in total. The van der Waals surface area contributed by atoms with E-state index < -0.39 is 0 Å². The van der Waals surface area contributed by atoms with Gasteiger partial charge in [-0.1, -0.05) is 29.8 Å². The van der Waals surface area contributed by atoms with Gasteiger partial charge in [-0.2, -0.15) is 5.10 Å². The molecule has 0 aliphatic carbocycles. The van der Waals surface area contributed by atoms with Crippen molar-refractivity contribution in [1.29, 1.82) is 0 Å². The second kappa shape index (κ2) is 9.03. The van der Waals surface area contributed by atoms with Crippen LogP contribution in [0.3, 0.4) is 0 Å². The minimum atomic E-state index is -0.115. The first-order valence-corrected chi connectivity index (χ1v) is 11.3. The Labute approximate surface area is 183 Å². The third-order valence-electron chi connectivity index (χ3n) is 4.65. The SMILES string of the molecule is COc1ccc([C@@H]2CC(c3cccs3)=NN2C(=O)CSc2ccc(Cl)cc2)cc1. The average molecular weight is 443 g/mol. The summed E-state index contributed by atoms with van der Waals surface area (Å²) in [4.78, 5) is 15.2. The van der Waals surface area contributed by atoms with Crippen molar-refractivity contribution in [2.24, 2.45) is 5.10 Å². The number of benzene rings is 2. The topological polar surface area (TPSA) is 41.9 Å². The maximum absolute atomic E-state index is 13.1. The number of carbonyl (C=O) groups is 1. The number of thioether (sulfide) groups is 1. The van der Waals surface area contributed by atoms with Gasteiger partial charge in [0, 0.05) is 16.3 Å². The van der Waals surface area contributed by atoms with Crippen molar-refractivity contribution in [1.82, 2.24) is 5.01 Å². The summed E-state index contributed by atoms with van der Waals surface area (Å²) in [6, 6.07) is 19.3.